The Hall–Kier alpha value is -1.03. The molecule has 1 aromatic carbocycles. The fraction of sp³-hybridized carbons (Fsp3) is 0.417. The van der Waals surface area contributed by atoms with Crippen LogP contribution in [-0.2, 0) is 4.79 Å². The molecule has 0 atom stereocenters. The minimum Gasteiger partial charge on any atom is -0.376 e. The lowest BCUT2D eigenvalue weighted by Crippen LogP contribution is -2.37. The predicted octanol–water partition coefficient (Wildman–Crippen LogP) is 2.73. The van der Waals surface area contributed by atoms with Crippen LogP contribution in [0.2, 0.25) is 0 Å². The topological polar surface area (TPSA) is 32.3 Å². The minimum atomic E-state index is 0.0953. The van der Waals surface area contributed by atoms with Crippen molar-refractivity contribution < 1.29 is 4.79 Å². The summed E-state index contributed by atoms with van der Waals surface area (Å²) in [5.41, 5.74) is 0.953. The highest BCUT2D eigenvalue weighted by atomic mass is 79.9. The number of benzene rings is 1. The standard InChI is InChI=1S/C12H17BrN2O/c1-9(2)15(3)12(16)8-14-11-6-4-10(13)5-7-11/h4-7,9,14H,8H2,1-3H3. The zero-order valence-corrected chi connectivity index (χ0v) is 11.4. The quantitative estimate of drug-likeness (QED) is 0.922. The van der Waals surface area contributed by atoms with E-state index in [1.807, 2.05) is 45.2 Å². The van der Waals surface area contributed by atoms with E-state index >= 15 is 0 Å². The lowest BCUT2D eigenvalue weighted by atomic mass is 10.3. The third-order valence-corrected chi connectivity index (χ3v) is 2.98. The van der Waals surface area contributed by atoms with Crippen LogP contribution in [0.1, 0.15) is 13.8 Å². The summed E-state index contributed by atoms with van der Waals surface area (Å²) in [7, 11) is 1.82. The van der Waals surface area contributed by atoms with Crippen molar-refractivity contribution in [1.29, 1.82) is 0 Å². The number of hydrogen-bond acceptors (Lipinski definition) is 2. The van der Waals surface area contributed by atoms with Crippen molar-refractivity contribution in [2.45, 2.75) is 19.9 Å². The van der Waals surface area contributed by atoms with Gasteiger partial charge in [-0.05, 0) is 38.1 Å². The number of nitrogens with one attached hydrogen (secondary N) is 1. The van der Waals surface area contributed by atoms with Crippen molar-refractivity contribution in [3.05, 3.63) is 28.7 Å². The molecule has 0 aliphatic carbocycles. The monoisotopic (exact) mass is 284 g/mol. The van der Waals surface area contributed by atoms with Gasteiger partial charge in [0.2, 0.25) is 5.91 Å². The predicted molar refractivity (Wildman–Crippen MR) is 70.5 cm³/mol. The van der Waals surface area contributed by atoms with Crippen molar-refractivity contribution in [3.63, 3.8) is 0 Å². The van der Waals surface area contributed by atoms with Gasteiger partial charge in [0.25, 0.3) is 0 Å². The smallest absolute Gasteiger partial charge is 0.241 e. The van der Waals surface area contributed by atoms with Crippen LogP contribution in [0.25, 0.3) is 0 Å². The Bertz CT molecular complexity index is 349. The molecule has 0 bridgehead atoms. The van der Waals surface area contributed by atoms with Crippen LogP contribution < -0.4 is 5.32 Å². The highest BCUT2D eigenvalue weighted by Gasteiger charge is 2.10. The zero-order chi connectivity index (χ0) is 12.1. The van der Waals surface area contributed by atoms with E-state index in [4.69, 9.17) is 0 Å². The van der Waals surface area contributed by atoms with Gasteiger partial charge in [0.15, 0.2) is 0 Å². The van der Waals surface area contributed by atoms with Crippen molar-refractivity contribution in [1.82, 2.24) is 4.90 Å². The van der Waals surface area contributed by atoms with Gasteiger partial charge in [-0.1, -0.05) is 15.9 Å². The van der Waals surface area contributed by atoms with Crippen LogP contribution in [0.3, 0.4) is 0 Å². The van der Waals surface area contributed by atoms with Crippen molar-refractivity contribution in [2.75, 3.05) is 18.9 Å². The molecule has 0 spiro atoms. The fourth-order valence-electron chi connectivity index (χ4n) is 1.16. The van der Waals surface area contributed by atoms with E-state index in [1.165, 1.54) is 0 Å². The van der Waals surface area contributed by atoms with Crippen LogP contribution in [0.15, 0.2) is 28.7 Å². The van der Waals surface area contributed by atoms with E-state index in [0.717, 1.165) is 10.2 Å². The van der Waals surface area contributed by atoms with Gasteiger partial charge in [-0.15, -0.1) is 0 Å². The number of nitrogens with zero attached hydrogens (tertiary/aromatic N) is 1. The summed E-state index contributed by atoms with van der Waals surface area (Å²) in [5.74, 6) is 0.0953. The lowest BCUT2D eigenvalue weighted by Gasteiger charge is -2.21. The molecule has 3 nitrogen and oxygen atoms in total. The molecule has 0 aliphatic rings. The zero-order valence-electron chi connectivity index (χ0n) is 9.83. The van der Waals surface area contributed by atoms with Crippen LogP contribution in [0.4, 0.5) is 5.69 Å². The van der Waals surface area contributed by atoms with E-state index in [0.29, 0.717) is 6.54 Å². The SMILES string of the molecule is CC(C)N(C)C(=O)CNc1ccc(Br)cc1. The summed E-state index contributed by atoms with van der Waals surface area (Å²) in [6.45, 7) is 4.32. The van der Waals surface area contributed by atoms with Crippen LogP contribution >= 0.6 is 15.9 Å². The summed E-state index contributed by atoms with van der Waals surface area (Å²) in [5, 5.41) is 3.10. The van der Waals surface area contributed by atoms with Crippen LogP contribution in [-0.4, -0.2) is 30.4 Å². The highest BCUT2D eigenvalue weighted by molar-refractivity contribution is 9.10. The molecule has 0 unspecified atom stereocenters. The average molecular weight is 285 g/mol. The third kappa shape index (κ3) is 3.85. The van der Waals surface area contributed by atoms with E-state index in [-0.39, 0.29) is 11.9 Å². The molecule has 0 saturated heterocycles. The molecule has 0 aliphatic heterocycles. The molecular formula is C12H17BrN2O. The van der Waals surface area contributed by atoms with Crippen molar-refractivity contribution in [3.8, 4) is 0 Å². The molecule has 1 N–H and O–H groups in total. The highest BCUT2D eigenvalue weighted by Crippen LogP contribution is 2.13. The number of anilines is 1. The first-order valence-electron chi connectivity index (χ1n) is 5.26. The molecule has 1 amide bonds. The first-order chi connectivity index (χ1) is 7.50. The maximum Gasteiger partial charge on any atom is 0.241 e. The van der Waals surface area contributed by atoms with Gasteiger partial charge in [-0.3, -0.25) is 4.79 Å². The molecule has 0 radical (unpaired) electrons. The van der Waals surface area contributed by atoms with Gasteiger partial charge in [-0.2, -0.15) is 0 Å². The molecule has 0 fully saturated rings. The Kier molecular flexibility index (Phi) is 4.80. The maximum atomic E-state index is 11.7. The molecule has 4 heteroatoms. The van der Waals surface area contributed by atoms with Gasteiger partial charge in [0.05, 0.1) is 6.54 Å². The van der Waals surface area contributed by atoms with Gasteiger partial charge < -0.3 is 10.2 Å². The van der Waals surface area contributed by atoms with Gasteiger partial charge in [-0.25, -0.2) is 0 Å². The first kappa shape index (κ1) is 13.0. The third-order valence-electron chi connectivity index (χ3n) is 2.46. The number of amides is 1. The average Bonchev–Trinajstić information content (AvgIpc) is 2.26. The normalized spacial score (nSPS) is 10.3. The van der Waals surface area contributed by atoms with Gasteiger partial charge in [0, 0.05) is 23.2 Å². The molecule has 1 aromatic rings. The Labute approximate surface area is 105 Å². The maximum absolute atomic E-state index is 11.7. The first-order valence-corrected chi connectivity index (χ1v) is 6.05. The molecule has 16 heavy (non-hydrogen) atoms. The van der Waals surface area contributed by atoms with Gasteiger partial charge >= 0.3 is 0 Å². The van der Waals surface area contributed by atoms with Crippen LogP contribution in [0.5, 0.6) is 0 Å². The van der Waals surface area contributed by atoms with Crippen LogP contribution in [0, 0.1) is 0 Å². The summed E-state index contributed by atoms with van der Waals surface area (Å²) in [6.07, 6.45) is 0. The summed E-state index contributed by atoms with van der Waals surface area (Å²) in [4.78, 5) is 13.4. The Morgan fingerprint density at radius 1 is 1.38 bits per heavy atom. The molecular weight excluding hydrogens is 268 g/mol. The number of hydrogen-bond donors (Lipinski definition) is 1. The Morgan fingerprint density at radius 3 is 2.44 bits per heavy atom. The fourth-order valence-corrected chi connectivity index (χ4v) is 1.42. The van der Waals surface area contributed by atoms with E-state index in [9.17, 15) is 4.79 Å². The number of carbonyl (C=O) groups is 1. The number of carbonyl (C=O) groups excluding carboxylic acids is 1. The van der Waals surface area contributed by atoms with Gasteiger partial charge in [0.1, 0.15) is 0 Å². The molecule has 88 valence electrons. The molecule has 1 rings (SSSR count). The Morgan fingerprint density at radius 2 is 1.94 bits per heavy atom. The Balaban J connectivity index is 2.46. The van der Waals surface area contributed by atoms with E-state index < -0.39 is 0 Å². The van der Waals surface area contributed by atoms with E-state index in [2.05, 4.69) is 21.2 Å². The number of likely N-dealkylation sites (N-methyl/N-ethyl adjacent to an activating group) is 1. The lowest BCUT2D eigenvalue weighted by molar-refractivity contribution is -0.129. The number of rotatable bonds is 4. The summed E-state index contributed by atoms with van der Waals surface area (Å²) < 4.78 is 1.03. The molecule has 0 heterocycles. The van der Waals surface area contributed by atoms with E-state index in [1.54, 1.807) is 4.90 Å². The van der Waals surface area contributed by atoms with Crippen molar-refractivity contribution >= 4 is 27.5 Å². The molecule has 0 aromatic heterocycles. The second-order valence-electron chi connectivity index (χ2n) is 3.96. The second kappa shape index (κ2) is 5.89. The molecule has 0 saturated carbocycles. The number of halogens is 1. The largest absolute Gasteiger partial charge is 0.376 e. The summed E-state index contributed by atoms with van der Waals surface area (Å²) >= 11 is 3.36. The summed E-state index contributed by atoms with van der Waals surface area (Å²) in [6, 6.07) is 8.00. The van der Waals surface area contributed by atoms with Crippen molar-refractivity contribution in [2.24, 2.45) is 0 Å². The minimum absolute atomic E-state index is 0.0953. The second-order valence-corrected chi connectivity index (χ2v) is 4.87.